The summed E-state index contributed by atoms with van der Waals surface area (Å²) in [6.07, 6.45) is 1.39. The standard InChI is InChI=1S/C24H23N3O3/c1-3-19-16(2)23(18-11-7-8-12-21(18)25-19)24(29)30-15-22(28)27-14-13-20(26-27)17-9-5-4-6-10-17/h4-12H,3,13-15H2,1-2H3. The van der Waals surface area contributed by atoms with E-state index in [1.165, 1.54) is 5.01 Å². The zero-order valence-electron chi connectivity index (χ0n) is 17.1. The molecule has 1 amide bonds. The largest absolute Gasteiger partial charge is 0.452 e. The van der Waals surface area contributed by atoms with E-state index in [2.05, 4.69) is 10.1 Å². The van der Waals surface area contributed by atoms with Crippen LogP contribution in [0.3, 0.4) is 0 Å². The summed E-state index contributed by atoms with van der Waals surface area (Å²) in [5.74, 6) is -0.846. The zero-order chi connectivity index (χ0) is 21.1. The molecule has 0 spiro atoms. The molecule has 0 saturated carbocycles. The highest BCUT2D eigenvalue weighted by molar-refractivity contribution is 6.06. The molecule has 30 heavy (non-hydrogen) atoms. The first-order valence-electron chi connectivity index (χ1n) is 10.1. The number of nitrogens with zero attached hydrogens (tertiary/aromatic N) is 3. The summed E-state index contributed by atoms with van der Waals surface area (Å²) in [6.45, 7) is 4.01. The Morgan fingerprint density at radius 1 is 1.07 bits per heavy atom. The molecule has 6 heteroatoms. The molecule has 0 N–H and O–H groups in total. The van der Waals surface area contributed by atoms with Gasteiger partial charge in [-0.1, -0.05) is 55.5 Å². The Labute approximate surface area is 175 Å². The van der Waals surface area contributed by atoms with E-state index >= 15 is 0 Å². The molecule has 0 aliphatic carbocycles. The van der Waals surface area contributed by atoms with Crippen molar-refractivity contribution in [1.82, 2.24) is 9.99 Å². The molecule has 0 unspecified atom stereocenters. The number of esters is 1. The average molecular weight is 401 g/mol. The first kappa shape index (κ1) is 19.8. The van der Waals surface area contributed by atoms with Crippen LogP contribution in [0.4, 0.5) is 0 Å². The second-order valence-corrected chi connectivity index (χ2v) is 7.18. The predicted octanol–water partition coefficient (Wildman–Crippen LogP) is 3.90. The van der Waals surface area contributed by atoms with Gasteiger partial charge in [0.1, 0.15) is 0 Å². The Kier molecular flexibility index (Phi) is 5.57. The highest BCUT2D eigenvalue weighted by atomic mass is 16.5. The Morgan fingerprint density at radius 2 is 1.80 bits per heavy atom. The van der Waals surface area contributed by atoms with E-state index in [9.17, 15) is 9.59 Å². The molecular weight excluding hydrogens is 378 g/mol. The van der Waals surface area contributed by atoms with Crippen molar-refractivity contribution in [2.24, 2.45) is 5.10 Å². The zero-order valence-corrected chi connectivity index (χ0v) is 17.1. The Hall–Kier alpha value is -3.54. The van der Waals surface area contributed by atoms with Gasteiger partial charge in [0.05, 0.1) is 23.3 Å². The van der Waals surface area contributed by atoms with Crippen molar-refractivity contribution in [3.63, 3.8) is 0 Å². The minimum atomic E-state index is -0.513. The number of pyridine rings is 1. The number of hydrazone groups is 1. The number of fused-ring (bicyclic) bond motifs is 1. The molecule has 0 saturated heterocycles. The van der Waals surface area contributed by atoms with Crippen LogP contribution in [0.15, 0.2) is 59.7 Å². The van der Waals surface area contributed by atoms with Crippen molar-refractivity contribution in [1.29, 1.82) is 0 Å². The summed E-state index contributed by atoms with van der Waals surface area (Å²) in [5, 5.41) is 6.51. The second-order valence-electron chi connectivity index (χ2n) is 7.18. The van der Waals surface area contributed by atoms with E-state index in [-0.39, 0.29) is 12.5 Å². The number of rotatable bonds is 5. The lowest BCUT2D eigenvalue weighted by atomic mass is 10.0. The average Bonchev–Trinajstić information content (AvgIpc) is 3.28. The molecule has 2 aromatic carbocycles. The minimum Gasteiger partial charge on any atom is -0.452 e. The lowest BCUT2D eigenvalue weighted by molar-refractivity contribution is -0.134. The number of hydrogen-bond donors (Lipinski definition) is 0. The Balaban J connectivity index is 1.50. The van der Waals surface area contributed by atoms with E-state index < -0.39 is 5.97 Å². The first-order valence-corrected chi connectivity index (χ1v) is 10.1. The van der Waals surface area contributed by atoms with Gasteiger partial charge in [-0.15, -0.1) is 0 Å². The highest BCUT2D eigenvalue weighted by Gasteiger charge is 2.24. The van der Waals surface area contributed by atoms with Crippen molar-refractivity contribution in [2.75, 3.05) is 13.2 Å². The van der Waals surface area contributed by atoms with Gasteiger partial charge < -0.3 is 4.74 Å². The van der Waals surface area contributed by atoms with E-state index in [0.717, 1.165) is 33.4 Å². The number of hydrogen-bond acceptors (Lipinski definition) is 5. The van der Waals surface area contributed by atoms with Crippen molar-refractivity contribution in [2.45, 2.75) is 26.7 Å². The lowest BCUT2D eigenvalue weighted by Crippen LogP contribution is -2.29. The fourth-order valence-corrected chi connectivity index (χ4v) is 3.71. The van der Waals surface area contributed by atoms with Gasteiger partial charge >= 0.3 is 5.97 Å². The summed E-state index contributed by atoms with van der Waals surface area (Å²) in [7, 11) is 0. The number of carbonyl (C=O) groups is 2. The summed E-state index contributed by atoms with van der Waals surface area (Å²) < 4.78 is 5.40. The van der Waals surface area contributed by atoms with Gasteiger partial charge in [0.2, 0.25) is 0 Å². The van der Waals surface area contributed by atoms with Gasteiger partial charge in [-0.05, 0) is 30.5 Å². The number of carbonyl (C=O) groups excluding carboxylic acids is 2. The SMILES string of the molecule is CCc1nc2ccccc2c(C(=O)OCC(=O)N2CCC(c3ccccc3)=N2)c1C. The maximum Gasteiger partial charge on any atom is 0.339 e. The van der Waals surface area contributed by atoms with E-state index in [1.807, 2.05) is 68.4 Å². The highest BCUT2D eigenvalue weighted by Crippen LogP contribution is 2.24. The molecule has 152 valence electrons. The predicted molar refractivity (Wildman–Crippen MR) is 115 cm³/mol. The molecule has 1 aliphatic heterocycles. The van der Waals surface area contributed by atoms with Crippen LogP contribution in [0.25, 0.3) is 10.9 Å². The van der Waals surface area contributed by atoms with Crippen LogP contribution >= 0.6 is 0 Å². The summed E-state index contributed by atoms with van der Waals surface area (Å²) in [6, 6.07) is 17.2. The van der Waals surface area contributed by atoms with Gasteiger partial charge in [-0.2, -0.15) is 5.10 Å². The van der Waals surface area contributed by atoms with Crippen molar-refractivity contribution in [3.8, 4) is 0 Å². The summed E-state index contributed by atoms with van der Waals surface area (Å²) in [5.41, 5.74) is 4.72. The third kappa shape index (κ3) is 3.81. The molecule has 1 aliphatic rings. The summed E-state index contributed by atoms with van der Waals surface area (Å²) >= 11 is 0. The van der Waals surface area contributed by atoms with Crippen molar-refractivity contribution in [3.05, 3.63) is 77.0 Å². The third-order valence-corrected chi connectivity index (χ3v) is 5.30. The monoisotopic (exact) mass is 401 g/mol. The van der Waals surface area contributed by atoms with E-state index in [4.69, 9.17) is 4.74 Å². The molecule has 3 aromatic rings. The molecule has 4 rings (SSSR count). The molecular formula is C24H23N3O3. The maximum atomic E-state index is 12.9. The molecule has 1 aromatic heterocycles. The quantitative estimate of drug-likeness (QED) is 0.608. The summed E-state index contributed by atoms with van der Waals surface area (Å²) in [4.78, 5) is 30.1. The molecule has 0 atom stereocenters. The third-order valence-electron chi connectivity index (χ3n) is 5.30. The molecule has 6 nitrogen and oxygen atoms in total. The fraction of sp³-hybridized carbons (Fsp3) is 0.250. The van der Waals surface area contributed by atoms with Crippen molar-refractivity contribution < 1.29 is 14.3 Å². The van der Waals surface area contributed by atoms with Crippen LogP contribution in [0, 0.1) is 6.92 Å². The Morgan fingerprint density at radius 3 is 2.57 bits per heavy atom. The van der Waals surface area contributed by atoms with Gasteiger partial charge in [0.25, 0.3) is 5.91 Å². The number of aromatic nitrogens is 1. The van der Waals surface area contributed by atoms with Crippen LogP contribution in [0.5, 0.6) is 0 Å². The van der Waals surface area contributed by atoms with Crippen molar-refractivity contribution >= 4 is 28.5 Å². The molecule has 2 heterocycles. The fourth-order valence-electron chi connectivity index (χ4n) is 3.71. The molecule has 0 fully saturated rings. The number of amides is 1. The normalized spacial score (nSPS) is 13.4. The van der Waals surface area contributed by atoms with Gasteiger partial charge in [0.15, 0.2) is 6.61 Å². The lowest BCUT2D eigenvalue weighted by Gasteiger charge is -2.14. The molecule has 0 radical (unpaired) electrons. The van der Waals surface area contributed by atoms with Gasteiger partial charge in [-0.25, -0.2) is 9.80 Å². The van der Waals surface area contributed by atoms with Gasteiger partial charge in [-0.3, -0.25) is 9.78 Å². The van der Waals surface area contributed by atoms with Crippen LogP contribution in [-0.2, 0) is 16.0 Å². The minimum absolute atomic E-state index is 0.332. The van der Waals surface area contributed by atoms with Crippen LogP contribution in [-0.4, -0.2) is 40.7 Å². The first-order chi connectivity index (χ1) is 14.6. The van der Waals surface area contributed by atoms with Crippen LogP contribution in [0.2, 0.25) is 0 Å². The smallest absolute Gasteiger partial charge is 0.339 e. The number of benzene rings is 2. The van der Waals surface area contributed by atoms with E-state index in [1.54, 1.807) is 0 Å². The van der Waals surface area contributed by atoms with E-state index in [0.29, 0.717) is 24.9 Å². The van der Waals surface area contributed by atoms with Gasteiger partial charge in [0, 0.05) is 17.5 Å². The Bertz CT molecular complexity index is 1140. The number of para-hydroxylation sites is 1. The van der Waals surface area contributed by atoms with Crippen LogP contribution in [0.1, 0.15) is 40.5 Å². The second kappa shape index (κ2) is 8.45. The maximum absolute atomic E-state index is 12.9. The number of aryl methyl sites for hydroxylation is 1. The molecule has 0 bridgehead atoms. The topological polar surface area (TPSA) is 71.9 Å². The van der Waals surface area contributed by atoms with Crippen LogP contribution < -0.4 is 0 Å². The number of ether oxygens (including phenoxy) is 1.